The maximum absolute atomic E-state index is 12.6. The fraction of sp³-hybridized carbons (Fsp3) is 0.500. The lowest BCUT2D eigenvalue weighted by Gasteiger charge is -2.23. The molecule has 6 heteroatoms. The average Bonchev–Trinajstić information content (AvgIpc) is 2.70. The highest BCUT2D eigenvalue weighted by molar-refractivity contribution is 5.26. The highest BCUT2D eigenvalue weighted by Gasteiger charge is 2.38. The molecule has 0 amide bonds. The van der Waals surface area contributed by atoms with Crippen molar-refractivity contribution < 1.29 is 22.6 Å². The topological polar surface area (TPSA) is 42.2 Å². The fourth-order valence-corrected chi connectivity index (χ4v) is 2.21. The molecule has 0 spiro atoms. The number of nitrogens with zero attached hydrogens (tertiary/aromatic N) is 1. The molecule has 1 saturated heterocycles. The molecule has 1 aliphatic rings. The van der Waals surface area contributed by atoms with Crippen LogP contribution in [0.25, 0.3) is 0 Å². The number of ether oxygens (including phenoxy) is 2. The van der Waals surface area contributed by atoms with E-state index >= 15 is 0 Å². The summed E-state index contributed by atoms with van der Waals surface area (Å²) in [5.41, 5.74) is -0.204. The highest BCUT2D eigenvalue weighted by atomic mass is 19.4. The van der Waals surface area contributed by atoms with Gasteiger partial charge in [-0.3, -0.25) is 0 Å². The molecule has 0 radical (unpaired) electrons. The van der Waals surface area contributed by atoms with Crippen molar-refractivity contribution in [1.29, 1.82) is 5.26 Å². The second-order valence-electron chi connectivity index (χ2n) is 4.92. The number of alkyl halides is 3. The summed E-state index contributed by atoms with van der Waals surface area (Å²) in [6.07, 6.45) is -4.27. The maximum Gasteiger partial charge on any atom is 0.416 e. The first-order chi connectivity index (χ1) is 9.32. The Morgan fingerprint density at radius 2 is 2.20 bits per heavy atom. The van der Waals surface area contributed by atoms with E-state index in [9.17, 15) is 13.2 Å². The van der Waals surface area contributed by atoms with Gasteiger partial charge in [0.05, 0.1) is 30.8 Å². The van der Waals surface area contributed by atoms with Gasteiger partial charge in [-0.2, -0.15) is 18.4 Å². The van der Waals surface area contributed by atoms with Gasteiger partial charge in [-0.05, 0) is 18.6 Å². The van der Waals surface area contributed by atoms with Crippen molar-refractivity contribution in [2.45, 2.75) is 37.8 Å². The quantitative estimate of drug-likeness (QED) is 0.855. The third kappa shape index (κ3) is 3.50. The minimum atomic E-state index is -4.36. The Kier molecular flexibility index (Phi) is 4.02. The van der Waals surface area contributed by atoms with E-state index in [0.717, 1.165) is 12.1 Å². The Morgan fingerprint density at radius 3 is 2.85 bits per heavy atom. The third-order valence-corrected chi connectivity index (χ3v) is 3.09. The number of hydrogen-bond donors (Lipinski definition) is 0. The van der Waals surface area contributed by atoms with Crippen molar-refractivity contribution >= 4 is 0 Å². The lowest BCUT2D eigenvalue weighted by molar-refractivity contribution is -0.152. The van der Waals surface area contributed by atoms with E-state index in [0.29, 0.717) is 5.56 Å². The van der Waals surface area contributed by atoms with Gasteiger partial charge in [0, 0.05) is 6.42 Å². The highest BCUT2D eigenvalue weighted by Crippen LogP contribution is 2.32. The summed E-state index contributed by atoms with van der Waals surface area (Å²) in [6.45, 7) is 1.95. The first-order valence-corrected chi connectivity index (χ1v) is 6.17. The van der Waals surface area contributed by atoms with Gasteiger partial charge in [0.25, 0.3) is 0 Å². The van der Waals surface area contributed by atoms with E-state index in [1.165, 1.54) is 6.07 Å². The van der Waals surface area contributed by atoms with Gasteiger partial charge in [0.1, 0.15) is 0 Å². The Balaban J connectivity index is 2.09. The van der Waals surface area contributed by atoms with Crippen molar-refractivity contribution in [1.82, 2.24) is 0 Å². The van der Waals surface area contributed by atoms with Crippen LogP contribution in [-0.2, 0) is 22.1 Å². The molecule has 0 aliphatic carbocycles. The molecule has 2 atom stereocenters. The monoisotopic (exact) mass is 285 g/mol. The van der Waals surface area contributed by atoms with Crippen LogP contribution in [0.1, 0.15) is 24.5 Å². The number of nitriles is 1. The number of halogens is 3. The molecule has 1 fully saturated rings. The SMILES string of the molecule is CC1(Cc2cccc(C(F)(F)F)c2)OCC(CC#N)O1. The standard InChI is InChI=1S/C14H14F3NO2/c1-13(19-9-12(20-13)5-6-18)8-10-3-2-4-11(7-10)14(15,16)17/h2-4,7,12H,5,8-9H2,1H3. The summed E-state index contributed by atoms with van der Waals surface area (Å²) in [4.78, 5) is 0. The molecule has 0 bridgehead atoms. The predicted molar refractivity (Wildman–Crippen MR) is 64.6 cm³/mol. The maximum atomic E-state index is 12.6. The van der Waals surface area contributed by atoms with Gasteiger partial charge in [0.15, 0.2) is 5.79 Å². The van der Waals surface area contributed by atoms with Crippen LogP contribution in [0.5, 0.6) is 0 Å². The Bertz CT molecular complexity index is 524. The summed E-state index contributed by atoms with van der Waals surface area (Å²) >= 11 is 0. The lowest BCUT2D eigenvalue weighted by atomic mass is 10.0. The molecular formula is C14H14F3NO2. The molecule has 3 nitrogen and oxygen atoms in total. The van der Waals surface area contributed by atoms with E-state index in [4.69, 9.17) is 14.7 Å². The van der Waals surface area contributed by atoms with E-state index in [1.54, 1.807) is 13.0 Å². The summed E-state index contributed by atoms with van der Waals surface area (Å²) in [5.74, 6) is -0.980. The first kappa shape index (κ1) is 14.8. The molecule has 0 aromatic heterocycles. The van der Waals surface area contributed by atoms with Crippen LogP contribution in [0, 0.1) is 11.3 Å². The van der Waals surface area contributed by atoms with Crippen LogP contribution in [0.3, 0.4) is 0 Å². The second kappa shape index (κ2) is 5.43. The molecular weight excluding hydrogens is 271 g/mol. The number of benzene rings is 1. The Morgan fingerprint density at radius 1 is 1.45 bits per heavy atom. The fourth-order valence-electron chi connectivity index (χ4n) is 2.21. The number of hydrogen-bond acceptors (Lipinski definition) is 3. The van der Waals surface area contributed by atoms with E-state index < -0.39 is 17.5 Å². The molecule has 1 heterocycles. The molecule has 0 N–H and O–H groups in total. The normalized spacial score (nSPS) is 26.4. The van der Waals surface area contributed by atoms with Gasteiger partial charge in [-0.1, -0.05) is 18.2 Å². The molecule has 108 valence electrons. The van der Waals surface area contributed by atoms with Gasteiger partial charge in [0.2, 0.25) is 0 Å². The van der Waals surface area contributed by atoms with E-state index in [1.807, 2.05) is 6.07 Å². The Hall–Kier alpha value is -1.58. The molecule has 1 aliphatic heterocycles. The summed E-state index contributed by atoms with van der Waals surface area (Å²) in [6, 6.07) is 7.07. The Labute approximate surface area is 114 Å². The van der Waals surface area contributed by atoms with Crippen LogP contribution in [0.4, 0.5) is 13.2 Å². The van der Waals surface area contributed by atoms with E-state index in [-0.39, 0.29) is 25.6 Å². The zero-order chi connectivity index (χ0) is 14.8. The predicted octanol–water partition coefficient (Wildman–Crippen LogP) is 3.29. The van der Waals surface area contributed by atoms with Gasteiger partial charge >= 0.3 is 6.18 Å². The van der Waals surface area contributed by atoms with Crippen LogP contribution in [0.15, 0.2) is 24.3 Å². The average molecular weight is 285 g/mol. The van der Waals surface area contributed by atoms with Crippen LogP contribution in [-0.4, -0.2) is 18.5 Å². The largest absolute Gasteiger partial charge is 0.416 e. The van der Waals surface area contributed by atoms with Crippen LogP contribution in [0.2, 0.25) is 0 Å². The molecule has 20 heavy (non-hydrogen) atoms. The minimum absolute atomic E-state index is 0.207. The summed E-state index contributed by atoms with van der Waals surface area (Å²) in [5, 5.41) is 8.60. The summed E-state index contributed by atoms with van der Waals surface area (Å²) in [7, 11) is 0. The van der Waals surface area contributed by atoms with Crippen molar-refractivity contribution in [2.75, 3.05) is 6.61 Å². The molecule has 1 aromatic rings. The first-order valence-electron chi connectivity index (χ1n) is 6.17. The van der Waals surface area contributed by atoms with E-state index in [2.05, 4.69) is 0 Å². The smallest absolute Gasteiger partial charge is 0.347 e. The van der Waals surface area contributed by atoms with Crippen LogP contribution >= 0.6 is 0 Å². The molecule has 1 aromatic carbocycles. The molecule has 2 rings (SSSR count). The molecule has 0 saturated carbocycles. The second-order valence-corrected chi connectivity index (χ2v) is 4.92. The van der Waals surface area contributed by atoms with Gasteiger partial charge in [-0.15, -0.1) is 0 Å². The zero-order valence-corrected chi connectivity index (χ0v) is 10.9. The van der Waals surface area contributed by atoms with Crippen molar-refractivity contribution in [3.63, 3.8) is 0 Å². The zero-order valence-electron chi connectivity index (χ0n) is 10.9. The minimum Gasteiger partial charge on any atom is -0.347 e. The van der Waals surface area contributed by atoms with Gasteiger partial charge < -0.3 is 9.47 Å². The van der Waals surface area contributed by atoms with Crippen LogP contribution < -0.4 is 0 Å². The van der Waals surface area contributed by atoms with Gasteiger partial charge in [-0.25, -0.2) is 0 Å². The van der Waals surface area contributed by atoms with Crippen molar-refractivity contribution in [3.05, 3.63) is 35.4 Å². The summed E-state index contributed by atoms with van der Waals surface area (Å²) < 4.78 is 49.0. The van der Waals surface area contributed by atoms with Crippen molar-refractivity contribution in [2.24, 2.45) is 0 Å². The van der Waals surface area contributed by atoms with Crippen molar-refractivity contribution in [3.8, 4) is 6.07 Å². The molecule has 2 unspecified atom stereocenters. The lowest BCUT2D eigenvalue weighted by Crippen LogP contribution is -2.29. The number of rotatable bonds is 3. The third-order valence-electron chi connectivity index (χ3n) is 3.09.